The van der Waals surface area contributed by atoms with E-state index in [1.807, 2.05) is 25.1 Å². The number of hydrogen-bond acceptors (Lipinski definition) is 2. The monoisotopic (exact) mass is 823 g/mol. The van der Waals surface area contributed by atoms with Crippen molar-refractivity contribution in [1.82, 2.24) is 0 Å². The molecule has 334 valence electrons. The Labute approximate surface area is 361 Å². The summed E-state index contributed by atoms with van der Waals surface area (Å²) in [5, 5.41) is 8.18. The first-order chi connectivity index (χ1) is 21.1. The SMILES string of the molecule is C.C.C.C.C.C.C.C.C.CCC(C)C(=O)O.CCC(C)c1ccccc1.CCC(C)c1ccccc1.CC[N+]1(C)CCOCC1.CC[n+]1ccccc1.[Cl-].[Cl-]. The highest BCUT2D eigenvalue weighted by Crippen LogP contribution is 2.17. The van der Waals surface area contributed by atoms with Crippen molar-refractivity contribution in [2.45, 2.75) is 160 Å². The summed E-state index contributed by atoms with van der Waals surface area (Å²) in [5.74, 6) is 0.532. The smallest absolute Gasteiger partial charge is 0.306 e. The molecule has 1 aliphatic rings. The molecule has 7 heteroatoms. The number of carboxylic acid groups (broad SMARTS) is 1. The highest BCUT2D eigenvalue weighted by Gasteiger charge is 2.22. The number of aliphatic carboxylic acids is 1. The first-order valence-electron chi connectivity index (χ1n) is 16.7. The van der Waals surface area contributed by atoms with Crippen molar-refractivity contribution in [1.29, 1.82) is 0 Å². The molecule has 2 heterocycles. The highest BCUT2D eigenvalue weighted by atomic mass is 35.5. The van der Waals surface area contributed by atoms with Crippen LogP contribution >= 0.6 is 0 Å². The topological polar surface area (TPSA) is 50.4 Å². The Balaban J connectivity index is -0.0000000402. The number of aromatic nitrogens is 1. The van der Waals surface area contributed by atoms with Crippen molar-refractivity contribution >= 4 is 5.97 Å². The summed E-state index contributed by atoms with van der Waals surface area (Å²) in [5.41, 5.74) is 2.90. The van der Waals surface area contributed by atoms with E-state index in [-0.39, 0.29) is 97.6 Å². The molecule has 3 atom stereocenters. The molecule has 1 fully saturated rings. The Kier molecular flexibility index (Phi) is 82.9. The number of carboxylic acids is 1. The average Bonchev–Trinajstić information content (AvgIpc) is 3.09. The summed E-state index contributed by atoms with van der Waals surface area (Å²) < 4.78 is 8.57. The van der Waals surface area contributed by atoms with Crippen LogP contribution in [0.1, 0.15) is 164 Å². The second kappa shape index (κ2) is 53.7. The zero-order chi connectivity index (χ0) is 33.2. The molecule has 0 radical (unpaired) electrons. The van der Waals surface area contributed by atoms with E-state index in [1.54, 1.807) is 6.92 Å². The zero-order valence-corrected chi connectivity index (χ0v) is 31.7. The summed E-state index contributed by atoms with van der Waals surface area (Å²) in [6.45, 7) is 23.5. The molecule has 55 heavy (non-hydrogen) atoms. The standard InChI is InChI=1S/2C10H14.C7H16NO.C7H10N.C5H10O2.9CH4.2ClH/c2*1-3-9(2)10-7-5-4-6-8-10;1-3-8(2)4-6-9-7-5-8;1-2-8-6-4-3-5-7-8;1-3-4(2)5(6)7;;;;;;;;;;;/h2*4-9H,3H2,1-2H3;3-7H2,1-2H3;3-7H,2H2,1H3;4H,3H2,1-2H3,(H,6,7);9*1H4;2*1H/q;;2*+1;;;;;;;;;;;;/p-2. The van der Waals surface area contributed by atoms with E-state index in [0.717, 1.165) is 26.2 Å². The molecule has 1 aromatic heterocycles. The molecule has 5 nitrogen and oxygen atoms in total. The van der Waals surface area contributed by atoms with Crippen molar-refractivity contribution in [3.05, 3.63) is 102 Å². The number of ether oxygens (including phenoxy) is 1. The lowest BCUT2D eigenvalue weighted by Gasteiger charge is -2.36. The van der Waals surface area contributed by atoms with Gasteiger partial charge in [0, 0.05) is 12.1 Å². The number of morpholine rings is 1. The number of likely N-dealkylation sites (N-methyl/N-ethyl adjacent to an activating group) is 1. The summed E-state index contributed by atoms with van der Waals surface area (Å²) in [4.78, 5) is 9.93. The van der Waals surface area contributed by atoms with Crippen LogP contribution in [0.2, 0.25) is 0 Å². The number of halogens is 2. The fourth-order valence-electron chi connectivity index (χ4n) is 3.95. The van der Waals surface area contributed by atoms with Gasteiger partial charge in [-0.05, 0) is 56.1 Å². The van der Waals surface area contributed by atoms with Gasteiger partial charge < -0.3 is 39.1 Å². The maximum atomic E-state index is 9.93. The van der Waals surface area contributed by atoms with E-state index in [0.29, 0.717) is 11.8 Å². The Morgan fingerprint density at radius 3 is 1.15 bits per heavy atom. The average molecular weight is 824 g/mol. The van der Waals surface area contributed by atoms with Gasteiger partial charge in [-0.2, -0.15) is 0 Å². The van der Waals surface area contributed by atoms with Gasteiger partial charge in [-0.3, -0.25) is 4.79 Å². The third kappa shape index (κ3) is 42.5. The van der Waals surface area contributed by atoms with Crippen LogP contribution in [0.4, 0.5) is 0 Å². The van der Waals surface area contributed by atoms with Gasteiger partial charge in [0.05, 0.1) is 32.7 Å². The van der Waals surface area contributed by atoms with Crippen LogP contribution in [0.5, 0.6) is 0 Å². The first kappa shape index (κ1) is 84.9. The molecule has 1 aliphatic heterocycles. The maximum absolute atomic E-state index is 9.93. The van der Waals surface area contributed by atoms with E-state index in [2.05, 4.69) is 126 Å². The summed E-state index contributed by atoms with van der Waals surface area (Å²) in [6.07, 6.45) is 7.28. The van der Waals surface area contributed by atoms with Crippen LogP contribution in [0.15, 0.2) is 91.3 Å². The van der Waals surface area contributed by atoms with Gasteiger partial charge in [-0.25, -0.2) is 4.57 Å². The molecule has 0 bridgehead atoms. The lowest BCUT2D eigenvalue weighted by atomic mass is 9.99. The lowest BCUT2D eigenvalue weighted by Crippen LogP contribution is -3.00. The van der Waals surface area contributed by atoms with E-state index in [4.69, 9.17) is 9.84 Å². The number of nitrogens with zero attached hydrogens (tertiary/aromatic N) is 2. The number of pyridine rings is 1. The number of quaternary nitrogens is 1. The predicted molar refractivity (Wildman–Crippen MR) is 248 cm³/mol. The van der Waals surface area contributed by atoms with Crippen LogP contribution in [0, 0.1) is 5.92 Å². The minimum absolute atomic E-state index is 0. The second-order valence-electron chi connectivity index (χ2n) is 11.8. The van der Waals surface area contributed by atoms with Gasteiger partial charge in [-0.1, -0.05) is 175 Å². The second-order valence-corrected chi connectivity index (χ2v) is 11.8. The molecule has 3 aromatic rings. The maximum Gasteiger partial charge on any atom is 0.306 e. The largest absolute Gasteiger partial charge is 1.00 e. The van der Waals surface area contributed by atoms with E-state index in [9.17, 15) is 4.79 Å². The number of carbonyl (C=O) groups is 1. The number of benzene rings is 2. The Morgan fingerprint density at radius 1 is 0.618 bits per heavy atom. The molecule has 2 aromatic carbocycles. The third-order valence-corrected chi connectivity index (χ3v) is 8.45. The van der Waals surface area contributed by atoms with Gasteiger partial charge >= 0.3 is 5.97 Å². The number of rotatable bonds is 8. The zero-order valence-electron chi connectivity index (χ0n) is 30.2. The summed E-state index contributed by atoms with van der Waals surface area (Å²) >= 11 is 0. The molecular formula is C48H100Cl2N2O3. The van der Waals surface area contributed by atoms with E-state index in [1.165, 1.54) is 48.1 Å². The van der Waals surface area contributed by atoms with Crippen molar-refractivity contribution in [2.75, 3.05) is 39.9 Å². The van der Waals surface area contributed by atoms with E-state index < -0.39 is 5.97 Å². The first-order valence-corrected chi connectivity index (χ1v) is 16.7. The lowest BCUT2D eigenvalue weighted by molar-refractivity contribution is -0.915. The quantitative estimate of drug-likeness (QED) is 0.183. The molecule has 0 spiro atoms. The van der Waals surface area contributed by atoms with Crippen molar-refractivity contribution in [3.8, 4) is 0 Å². The number of aryl methyl sites for hydroxylation is 1. The van der Waals surface area contributed by atoms with Crippen LogP contribution in [-0.4, -0.2) is 55.5 Å². The van der Waals surface area contributed by atoms with Gasteiger partial charge in [0.15, 0.2) is 12.4 Å². The Bertz CT molecular complexity index is 1020. The summed E-state index contributed by atoms with van der Waals surface area (Å²) in [6, 6.07) is 27.4. The Morgan fingerprint density at radius 2 is 0.945 bits per heavy atom. The number of hydrogen-bond donors (Lipinski definition) is 1. The molecule has 3 unspecified atom stereocenters. The molecule has 0 saturated carbocycles. The van der Waals surface area contributed by atoms with Crippen molar-refractivity contribution < 1.29 is 48.5 Å². The predicted octanol–water partition coefficient (Wildman–Crippen LogP) is 8.73. The molecule has 1 saturated heterocycles. The minimum Gasteiger partial charge on any atom is -1.00 e. The molecule has 1 N–H and O–H groups in total. The fraction of sp³-hybridized carbons (Fsp3) is 0.625. The third-order valence-electron chi connectivity index (χ3n) is 8.45. The van der Waals surface area contributed by atoms with Crippen LogP contribution in [-0.2, 0) is 16.1 Å². The summed E-state index contributed by atoms with van der Waals surface area (Å²) in [7, 11) is 2.29. The normalized spacial score (nSPS) is 12.0. The van der Waals surface area contributed by atoms with Gasteiger partial charge in [-0.15, -0.1) is 0 Å². The van der Waals surface area contributed by atoms with Crippen LogP contribution in [0.3, 0.4) is 0 Å². The molecule has 0 aliphatic carbocycles. The van der Waals surface area contributed by atoms with E-state index >= 15 is 0 Å². The van der Waals surface area contributed by atoms with Gasteiger partial charge in [0.2, 0.25) is 0 Å². The van der Waals surface area contributed by atoms with Gasteiger partial charge in [0.25, 0.3) is 0 Å². The van der Waals surface area contributed by atoms with Gasteiger partial charge in [0.1, 0.15) is 19.6 Å². The highest BCUT2D eigenvalue weighted by molar-refractivity contribution is 5.69. The van der Waals surface area contributed by atoms with Crippen LogP contribution in [0.25, 0.3) is 0 Å². The van der Waals surface area contributed by atoms with Crippen molar-refractivity contribution in [3.63, 3.8) is 0 Å². The van der Waals surface area contributed by atoms with Crippen molar-refractivity contribution in [2.24, 2.45) is 5.92 Å². The molecule has 0 amide bonds. The minimum atomic E-state index is -0.706. The molecular weight excluding hydrogens is 723 g/mol. The van der Waals surface area contributed by atoms with Crippen LogP contribution < -0.4 is 29.4 Å². The fourth-order valence-corrected chi connectivity index (χ4v) is 3.95. The Hall–Kier alpha value is -2.44. The molecule has 4 rings (SSSR count).